The zero-order valence-electron chi connectivity index (χ0n) is 11.1. The van der Waals surface area contributed by atoms with Crippen LogP contribution in [-0.4, -0.2) is 11.7 Å². The van der Waals surface area contributed by atoms with E-state index in [0.717, 1.165) is 11.3 Å². The van der Waals surface area contributed by atoms with Crippen LogP contribution < -0.4 is 15.6 Å². The second kappa shape index (κ2) is 6.20. The van der Waals surface area contributed by atoms with E-state index in [1.165, 1.54) is 4.57 Å². The van der Waals surface area contributed by atoms with Gasteiger partial charge in [-0.3, -0.25) is 4.79 Å². The van der Waals surface area contributed by atoms with Gasteiger partial charge in [-0.1, -0.05) is 23.2 Å². The van der Waals surface area contributed by atoms with Gasteiger partial charge in [0.25, 0.3) is 5.56 Å². The van der Waals surface area contributed by atoms with E-state index in [4.69, 9.17) is 27.9 Å². The number of rotatable bonds is 4. The van der Waals surface area contributed by atoms with Crippen LogP contribution in [0.5, 0.6) is 5.75 Å². The largest absolute Gasteiger partial charge is 0.495 e. The third-order valence-electron chi connectivity index (χ3n) is 2.89. The first kappa shape index (κ1) is 14.8. The highest BCUT2D eigenvalue weighted by Crippen LogP contribution is 2.34. The van der Waals surface area contributed by atoms with Crippen molar-refractivity contribution in [3.63, 3.8) is 0 Å². The predicted molar refractivity (Wildman–Crippen MR) is 82.0 cm³/mol. The Hall–Kier alpha value is -1.65. The van der Waals surface area contributed by atoms with Crippen LogP contribution in [0.3, 0.4) is 0 Å². The summed E-state index contributed by atoms with van der Waals surface area (Å²) in [7, 11) is 3.27. The number of anilines is 1. The summed E-state index contributed by atoms with van der Waals surface area (Å²) < 4.78 is 6.76. The zero-order valence-corrected chi connectivity index (χ0v) is 12.6. The van der Waals surface area contributed by atoms with Gasteiger partial charge in [0.05, 0.1) is 22.8 Å². The molecule has 1 heterocycles. The molecular formula is C14H14Cl2N2O2. The van der Waals surface area contributed by atoms with E-state index < -0.39 is 0 Å². The number of pyridine rings is 1. The van der Waals surface area contributed by atoms with Gasteiger partial charge in [0.2, 0.25) is 0 Å². The van der Waals surface area contributed by atoms with Crippen molar-refractivity contribution in [2.24, 2.45) is 7.05 Å². The first-order valence-corrected chi connectivity index (χ1v) is 6.69. The van der Waals surface area contributed by atoms with E-state index >= 15 is 0 Å². The fourth-order valence-corrected chi connectivity index (χ4v) is 2.05. The summed E-state index contributed by atoms with van der Waals surface area (Å²) in [6.07, 6.45) is 1.73. The van der Waals surface area contributed by atoms with Crippen molar-refractivity contribution < 1.29 is 4.74 Å². The molecule has 4 nitrogen and oxygen atoms in total. The van der Waals surface area contributed by atoms with Crippen molar-refractivity contribution in [2.45, 2.75) is 6.54 Å². The number of hydrogen-bond donors (Lipinski definition) is 1. The van der Waals surface area contributed by atoms with Gasteiger partial charge in [-0.25, -0.2) is 0 Å². The lowest BCUT2D eigenvalue weighted by molar-refractivity contribution is 0.416. The Morgan fingerprint density at radius 1 is 1.25 bits per heavy atom. The molecule has 1 aromatic heterocycles. The lowest BCUT2D eigenvalue weighted by atomic mass is 10.2. The molecule has 0 amide bonds. The normalized spacial score (nSPS) is 10.4. The van der Waals surface area contributed by atoms with Gasteiger partial charge in [-0.05, 0) is 17.7 Å². The van der Waals surface area contributed by atoms with Crippen molar-refractivity contribution in [1.82, 2.24) is 4.57 Å². The molecule has 1 N–H and O–H groups in total. The second-order valence-electron chi connectivity index (χ2n) is 4.30. The molecule has 0 unspecified atom stereocenters. The van der Waals surface area contributed by atoms with Crippen LogP contribution in [0.1, 0.15) is 5.56 Å². The van der Waals surface area contributed by atoms with E-state index in [-0.39, 0.29) is 5.56 Å². The topological polar surface area (TPSA) is 43.3 Å². The maximum atomic E-state index is 11.5. The quantitative estimate of drug-likeness (QED) is 0.942. The molecule has 0 aliphatic heterocycles. The van der Waals surface area contributed by atoms with Gasteiger partial charge in [-0.2, -0.15) is 0 Å². The summed E-state index contributed by atoms with van der Waals surface area (Å²) in [5.74, 6) is 0.600. The number of nitrogens with one attached hydrogen (secondary N) is 1. The van der Waals surface area contributed by atoms with E-state index in [1.54, 1.807) is 38.6 Å². The van der Waals surface area contributed by atoms with Gasteiger partial charge in [0.15, 0.2) is 0 Å². The summed E-state index contributed by atoms with van der Waals surface area (Å²) in [5.41, 5.74) is 1.55. The zero-order chi connectivity index (χ0) is 14.7. The smallest absolute Gasteiger partial charge is 0.250 e. The second-order valence-corrected chi connectivity index (χ2v) is 5.12. The molecule has 0 spiro atoms. The summed E-state index contributed by atoms with van der Waals surface area (Å²) in [4.78, 5) is 11.5. The highest BCUT2D eigenvalue weighted by atomic mass is 35.5. The van der Waals surface area contributed by atoms with Gasteiger partial charge in [-0.15, -0.1) is 0 Å². The van der Waals surface area contributed by atoms with Crippen LogP contribution in [0, 0.1) is 0 Å². The maximum absolute atomic E-state index is 11.5. The van der Waals surface area contributed by atoms with Crippen LogP contribution in [0.2, 0.25) is 10.0 Å². The summed E-state index contributed by atoms with van der Waals surface area (Å²) in [6.45, 7) is 0.490. The Balaban J connectivity index is 2.20. The number of hydrogen-bond acceptors (Lipinski definition) is 3. The fourth-order valence-electron chi connectivity index (χ4n) is 1.73. The molecule has 2 aromatic rings. The minimum atomic E-state index is -0.0506. The van der Waals surface area contributed by atoms with E-state index in [1.807, 2.05) is 6.07 Å². The molecule has 0 aliphatic carbocycles. The van der Waals surface area contributed by atoms with Crippen LogP contribution in [0.15, 0.2) is 35.3 Å². The number of aromatic nitrogens is 1. The van der Waals surface area contributed by atoms with Gasteiger partial charge in [0.1, 0.15) is 5.75 Å². The molecule has 6 heteroatoms. The first-order chi connectivity index (χ1) is 9.51. The molecule has 0 saturated carbocycles. The van der Waals surface area contributed by atoms with Gasteiger partial charge < -0.3 is 14.6 Å². The van der Waals surface area contributed by atoms with Crippen molar-refractivity contribution in [3.05, 3.63) is 56.4 Å². The van der Waals surface area contributed by atoms with E-state index in [2.05, 4.69) is 5.32 Å². The third kappa shape index (κ3) is 3.26. The monoisotopic (exact) mass is 312 g/mol. The van der Waals surface area contributed by atoms with E-state index in [9.17, 15) is 4.79 Å². The molecule has 0 fully saturated rings. The average Bonchev–Trinajstić information content (AvgIpc) is 2.43. The molecule has 20 heavy (non-hydrogen) atoms. The molecule has 0 saturated heterocycles. The van der Waals surface area contributed by atoms with Crippen molar-refractivity contribution in [1.29, 1.82) is 0 Å². The average molecular weight is 313 g/mol. The highest BCUT2D eigenvalue weighted by Gasteiger charge is 2.08. The molecular weight excluding hydrogens is 299 g/mol. The number of aryl methyl sites for hydroxylation is 1. The third-order valence-corrected chi connectivity index (χ3v) is 3.62. The number of halogens is 2. The fraction of sp³-hybridized carbons (Fsp3) is 0.214. The first-order valence-electron chi connectivity index (χ1n) is 5.93. The molecule has 0 aliphatic rings. The summed E-state index contributed by atoms with van der Waals surface area (Å²) in [6, 6.07) is 6.80. The van der Waals surface area contributed by atoms with E-state index in [0.29, 0.717) is 22.3 Å². The molecule has 1 aromatic carbocycles. The Kier molecular flexibility index (Phi) is 4.57. The highest BCUT2D eigenvalue weighted by molar-refractivity contribution is 6.42. The molecule has 0 radical (unpaired) electrons. The van der Waals surface area contributed by atoms with Crippen LogP contribution in [-0.2, 0) is 13.6 Å². The maximum Gasteiger partial charge on any atom is 0.250 e. The summed E-state index contributed by atoms with van der Waals surface area (Å²) in [5, 5.41) is 4.06. The Bertz CT molecular complexity index is 683. The van der Waals surface area contributed by atoms with Gasteiger partial charge >= 0.3 is 0 Å². The molecule has 0 atom stereocenters. The standard InChI is InChI=1S/C14H14Cl2N2O2/c1-18-4-3-9(5-14(18)19)8-17-12-6-10(15)11(16)7-13(12)20-2/h3-7,17H,8H2,1-2H3. The summed E-state index contributed by atoms with van der Waals surface area (Å²) >= 11 is 11.9. The van der Waals surface area contributed by atoms with Crippen LogP contribution in [0.25, 0.3) is 0 Å². The minimum Gasteiger partial charge on any atom is -0.495 e. The van der Waals surface area contributed by atoms with Crippen molar-refractivity contribution >= 4 is 28.9 Å². The van der Waals surface area contributed by atoms with Gasteiger partial charge in [0, 0.05) is 31.9 Å². The molecule has 0 bridgehead atoms. The Morgan fingerprint density at radius 3 is 2.60 bits per heavy atom. The minimum absolute atomic E-state index is 0.0506. The lowest BCUT2D eigenvalue weighted by Gasteiger charge is -2.12. The molecule has 2 rings (SSSR count). The Labute approximate surface area is 126 Å². The van der Waals surface area contributed by atoms with Crippen LogP contribution >= 0.6 is 23.2 Å². The van der Waals surface area contributed by atoms with Crippen LogP contribution in [0.4, 0.5) is 5.69 Å². The number of benzene rings is 1. The predicted octanol–water partition coefficient (Wildman–Crippen LogP) is 3.31. The SMILES string of the molecule is COc1cc(Cl)c(Cl)cc1NCc1ccn(C)c(=O)c1. The number of ether oxygens (including phenoxy) is 1. The number of methoxy groups -OCH3 is 1. The Morgan fingerprint density at radius 2 is 1.95 bits per heavy atom. The lowest BCUT2D eigenvalue weighted by Crippen LogP contribution is -2.16. The van der Waals surface area contributed by atoms with Crippen molar-refractivity contribution in [2.75, 3.05) is 12.4 Å². The molecule has 106 valence electrons. The number of nitrogens with zero attached hydrogens (tertiary/aromatic N) is 1. The van der Waals surface area contributed by atoms with Crippen molar-refractivity contribution in [3.8, 4) is 5.75 Å².